The minimum atomic E-state index is -0.195. The van der Waals surface area contributed by atoms with E-state index in [2.05, 4.69) is 22.0 Å². The van der Waals surface area contributed by atoms with E-state index in [4.69, 9.17) is 27.9 Å². The quantitative estimate of drug-likeness (QED) is 0.666. The molecule has 2 aromatic carbocycles. The van der Waals surface area contributed by atoms with Crippen molar-refractivity contribution in [3.8, 4) is 28.6 Å². The van der Waals surface area contributed by atoms with E-state index in [0.717, 1.165) is 38.5 Å². The first-order valence-corrected chi connectivity index (χ1v) is 9.63. The Morgan fingerprint density at radius 2 is 1.71 bits per heavy atom. The molecule has 1 fully saturated rings. The number of aromatic nitrogens is 2. The zero-order valence-electron chi connectivity index (χ0n) is 15.0. The first-order valence-electron chi connectivity index (χ1n) is 8.87. The van der Waals surface area contributed by atoms with Crippen LogP contribution in [0.1, 0.15) is 5.56 Å². The predicted octanol–water partition coefficient (Wildman–Crippen LogP) is 4.09. The Bertz CT molecular complexity index is 983. The van der Waals surface area contributed by atoms with Gasteiger partial charge >= 0.3 is 0 Å². The van der Waals surface area contributed by atoms with Crippen molar-refractivity contribution in [2.45, 2.75) is 6.54 Å². The molecule has 0 atom stereocenters. The zero-order valence-corrected chi connectivity index (χ0v) is 16.5. The number of hydrogen-bond donors (Lipinski definition) is 2. The molecule has 0 unspecified atom stereocenters. The van der Waals surface area contributed by atoms with Gasteiger partial charge in [0.2, 0.25) is 0 Å². The Morgan fingerprint density at radius 3 is 2.43 bits per heavy atom. The third-order valence-corrected chi connectivity index (χ3v) is 5.30. The summed E-state index contributed by atoms with van der Waals surface area (Å²) >= 11 is 12.4. The molecule has 28 heavy (non-hydrogen) atoms. The van der Waals surface area contributed by atoms with Crippen molar-refractivity contribution in [3.63, 3.8) is 0 Å². The molecule has 1 aliphatic heterocycles. The SMILES string of the molecule is Oc1cc(O)c(-c2ncc(Cl)n2-c2ccc(CN3CCOCC3)cc2)cc1Cl. The molecular weight excluding hydrogens is 401 g/mol. The topological polar surface area (TPSA) is 70.8 Å². The monoisotopic (exact) mass is 419 g/mol. The molecule has 2 heterocycles. The van der Waals surface area contributed by atoms with Crippen LogP contribution in [0.2, 0.25) is 10.2 Å². The van der Waals surface area contributed by atoms with E-state index in [-0.39, 0.29) is 16.5 Å². The molecule has 1 saturated heterocycles. The molecule has 3 aromatic rings. The van der Waals surface area contributed by atoms with E-state index in [9.17, 15) is 10.2 Å². The van der Waals surface area contributed by atoms with Gasteiger partial charge in [-0.3, -0.25) is 9.47 Å². The van der Waals surface area contributed by atoms with Crippen molar-refractivity contribution in [2.24, 2.45) is 0 Å². The average Bonchev–Trinajstić information content (AvgIpc) is 3.07. The molecule has 0 saturated carbocycles. The van der Waals surface area contributed by atoms with Crippen LogP contribution >= 0.6 is 23.2 Å². The lowest BCUT2D eigenvalue weighted by molar-refractivity contribution is 0.0342. The van der Waals surface area contributed by atoms with Crippen LogP contribution in [0, 0.1) is 0 Å². The smallest absolute Gasteiger partial charge is 0.149 e. The molecule has 1 aliphatic rings. The van der Waals surface area contributed by atoms with Crippen LogP contribution < -0.4 is 0 Å². The standard InChI is InChI=1S/C20H19Cl2N3O3/c21-16-9-15(17(26)10-18(16)27)20-23-11-19(22)25(20)14-3-1-13(2-4-14)12-24-5-7-28-8-6-24/h1-4,9-11,26-27H,5-8,12H2. The summed E-state index contributed by atoms with van der Waals surface area (Å²) in [7, 11) is 0. The van der Waals surface area contributed by atoms with Crippen molar-refractivity contribution in [1.82, 2.24) is 14.5 Å². The van der Waals surface area contributed by atoms with Crippen LogP contribution in [0.4, 0.5) is 0 Å². The van der Waals surface area contributed by atoms with Gasteiger partial charge in [-0.05, 0) is 23.8 Å². The highest BCUT2D eigenvalue weighted by Crippen LogP contribution is 2.38. The Labute approximate surface area is 172 Å². The third-order valence-electron chi connectivity index (χ3n) is 4.73. The Kier molecular flexibility index (Phi) is 5.46. The van der Waals surface area contributed by atoms with Gasteiger partial charge in [-0.2, -0.15) is 0 Å². The molecule has 0 spiro atoms. The summed E-state index contributed by atoms with van der Waals surface area (Å²) in [5.74, 6) is 0.110. The fourth-order valence-corrected chi connectivity index (χ4v) is 3.65. The Hall–Kier alpha value is -2.25. The highest BCUT2D eigenvalue weighted by molar-refractivity contribution is 6.32. The van der Waals surface area contributed by atoms with Gasteiger partial charge < -0.3 is 14.9 Å². The lowest BCUT2D eigenvalue weighted by Gasteiger charge is -2.26. The number of hydrogen-bond acceptors (Lipinski definition) is 5. The van der Waals surface area contributed by atoms with E-state index in [1.165, 1.54) is 23.9 Å². The predicted molar refractivity (Wildman–Crippen MR) is 108 cm³/mol. The fraction of sp³-hybridized carbons (Fsp3) is 0.250. The highest BCUT2D eigenvalue weighted by atomic mass is 35.5. The number of halogens is 2. The first kappa shape index (κ1) is 19.1. The fourth-order valence-electron chi connectivity index (χ4n) is 3.26. The molecule has 8 heteroatoms. The maximum absolute atomic E-state index is 10.2. The summed E-state index contributed by atoms with van der Waals surface area (Å²) < 4.78 is 7.11. The number of morpholine rings is 1. The number of phenolic OH excluding ortho intramolecular Hbond substituents is 2. The van der Waals surface area contributed by atoms with Gasteiger partial charge in [-0.15, -0.1) is 0 Å². The second kappa shape index (κ2) is 8.01. The van der Waals surface area contributed by atoms with Crippen LogP contribution in [0.3, 0.4) is 0 Å². The van der Waals surface area contributed by atoms with Crippen molar-refractivity contribution in [1.29, 1.82) is 0 Å². The number of imidazole rings is 1. The lowest BCUT2D eigenvalue weighted by Crippen LogP contribution is -2.35. The van der Waals surface area contributed by atoms with Crippen LogP contribution in [0.15, 0.2) is 42.6 Å². The number of aromatic hydroxyl groups is 2. The Morgan fingerprint density at radius 1 is 1.00 bits per heavy atom. The third kappa shape index (κ3) is 3.82. The molecule has 0 radical (unpaired) electrons. The van der Waals surface area contributed by atoms with Gasteiger partial charge in [0, 0.05) is 31.4 Å². The van der Waals surface area contributed by atoms with E-state index in [0.29, 0.717) is 16.5 Å². The summed E-state index contributed by atoms with van der Waals surface area (Å²) in [6.07, 6.45) is 1.51. The molecule has 1 aromatic heterocycles. The molecule has 0 amide bonds. The van der Waals surface area contributed by atoms with Gasteiger partial charge in [0.25, 0.3) is 0 Å². The van der Waals surface area contributed by atoms with Crippen LogP contribution in [0.5, 0.6) is 11.5 Å². The largest absolute Gasteiger partial charge is 0.507 e. The summed E-state index contributed by atoms with van der Waals surface area (Å²) in [6.45, 7) is 4.26. The second-order valence-corrected chi connectivity index (χ2v) is 7.41. The van der Waals surface area contributed by atoms with Gasteiger partial charge in [0.15, 0.2) is 0 Å². The van der Waals surface area contributed by atoms with Crippen LogP contribution in [-0.4, -0.2) is 51.0 Å². The summed E-state index contributed by atoms with van der Waals surface area (Å²) in [4.78, 5) is 6.67. The first-order chi connectivity index (χ1) is 13.5. The minimum Gasteiger partial charge on any atom is -0.507 e. The molecule has 2 N–H and O–H groups in total. The van der Waals surface area contributed by atoms with E-state index in [1.807, 2.05) is 12.1 Å². The zero-order chi connectivity index (χ0) is 19.7. The van der Waals surface area contributed by atoms with E-state index in [1.54, 1.807) is 4.57 Å². The van der Waals surface area contributed by atoms with Gasteiger partial charge in [-0.25, -0.2) is 4.98 Å². The maximum Gasteiger partial charge on any atom is 0.149 e. The molecule has 4 rings (SSSR count). The molecular formula is C20H19Cl2N3O3. The summed E-state index contributed by atoms with van der Waals surface area (Å²) in [5.41, 5.74) is 2.39. The highest BCUT2D eigenvalue weighted by Gasteiger charge is 2.18. The van der Waals surface area contributed by atoms with Crippen molar-refractivity contribution in [2.75, 3.05) is 26.3 Å². The van der Waals surface area contributed by atoms with Crippen molar-refractivity contribution >= 4 is 23.2 Å². The normalized spacial score (nSPS) is 15.1. The second-order valence-electron chi connectivity index (χ2n) is 6.62. The number of benzene rings is 2. The molecule has 146 valence electrons. The number of rotatable bonds is 4. The molecule has 6 nitrogen and oxygen atoms in total. The molecule has 0 aliphatic carbocycles. The van der Waals surface area contributed by atoms with Gasteiger partial charge in [-0.1, -0.05) is 35.3 Å². The van der Waals surface area contributed by atoms with E-state index < -0.39 is 0 Å². The van der Waals surface area contributed by atoms with Crippen molar-refractivity contribution in [3.05, 3.63) is 58.3 Å². The lowest BCUT2D eigenvalue weighted by atomic mass is 10.1. The summed E-state index contributed by atoms with van der Waals surface area (Å²) in [5, 5.41) is 20.4. The number of nitrogens with zero attached hydrogens (tertiary/aromatic N) is 3. The van der Waals surface area contributed by atoms with Gasteiger partial charge in [0.05, 0.1) is 30.0 Å². The van der Waals surface area contributed by atoms with E-state index >= 15 is 0 Å². The minimum absolute atomic E-state index is 0.124. The van der Waals surface area contributed by atoms with Crippen LogP contribution in [0.25, 0.3) is 17.1 Å². The maximum atomic E-state index is 10.2. The van der Waals surface area contributed by atoms with Gasteiger partial charge in [0.1, 0.15) is 22.5 Å². The average molecular weight is 420 g/mol. The Balaban J connectivity index is 1.65. The molecule has 0 bridgehead atoms. The van der Waals surface area contributed by atoms with Crippen LogP contribution in [-0.2, 0) is 11.3 Å². The number of phenols is 2. The van der Waals surface area contributed by atoms with Crippen molar-refractivity contribution < 1.29 is 14.9 Å². The number of ether oxygens (including phenoxy) is 1. The summed E-state index contributed by atoms with van der Waals surface area (Å²) in [6, 6.07) is 10.7.